The second-order valence-electron chi connectivity index (χ2n) is 5.70. The summed E-state index contributed by atoms with van der Waals surface area (Å²) in [6.45, 7) is 8.08. The van der Waals surface area contributed by atoms with Gasteiger partial charge in [-0.15, -0.1) is 0 Å². The largest absolute Gasteiger partial charge is 0.380 e. The minimum atomic E-state index is -0.0878. The maximum absolute atomic E-state index is 13.1. The van der Waals surface area contributed by atoms with Crippen LogP contribution < -0.4 is 10.9 Å². The lowest BCUT2D eigenvalue weighted by molar-refractivity contribution is 0.139. The Morgan fingerprint density at radius 2 is 2.16 bits per heavy atom. The highest BCUT2D eigenvalue weighted by Gasteiger charge is 2.15. The average molecular weight is 341 g/mol. The number of nitrogens with zero attached hydrogens (tertiary/aromatic N) is 3. The molecule has 0 atom stereocenters. The SMILES string of the molecule is CCNc1nc(C)c2cc(-c3ccc[nH]3)c(=O)n(CCOCC)c2n1. The lowest BCUT2D eigenvalue weighted by atomic mass is 10.1. The molecule has 0 radical (unpaired) electrons. The van der Waals surface area contributed by atoms with Crippen molar-refractivity contribution >= 4 is 17.0 Å². The summed E-state index contributed by atoms with van der Waals surface area (Å²) in [6.07, 6.45) is 1.81. The number of ether oxygens (including phenoxy) is 1. The fourth-order valence-corrected chi connectivity index (χ4v) is 2.82. The van der Waals surface area contributed by atoms with Gasteiger partial charge in [0.05, 0.1) is 30.1 Å². The quantitative estimate of drug-likeness (QED) is 0.645. The Morgan fingerprint density at radius 1 is 1.32 bits per heavy atom. The number of aromatic amines is 1. The molecule has 0 amide bonds. The van der Waals surface area contributed by atoms with E-state index in [1.165, 1.54) is 0 Å². The molecule has 3 aromatic heterocycles. The smallest absolute Gasteiger partial charge is 0.261 e. The van der Waals surface area contributed by atoms with Crippen LogP contribution >= 0.6 is 0 Å². The molecule has 25 heavy (non-hydrogen) atoms. The Bertz CT molecular complexity index is 915. The van der Waals surface area contributed by atoms with Gasteiger partial charge in [0.25, 0.3) is 5.56 Å². The van der Waals surface area contributed by atoms with Gasteiger partial charge in [0, 0.05) is 24.7 Å². The Hall–Kier alpha value is -2.67. The third-order valence-corrected chi connectivity index (χ3v) is 4.02. The lowest BCUT2D eigenvalue weighted by Crippen LogP contribution is -2.26. The Balaban J connectivity index is 2.24. The maximum atomic E-state index is 13.1. The minimum absolute atomic E-state index is 0.0878. The zero-order valence-electron chi connectivity index (χ0n) is 14.8. The number of hydrogen-bond acceptors (Lipinski definition) is 5. The number of fused-ring (bicyclic) bond motifs is 1. The van der Waals surface area contributed by atoms with Crippen LogP contribution in [0.3, 0.4) is 0 Å². The molecule has 3 aromatic rings. The van der Waals surface area contributed by atoms with Crippen LogP contribution in [0.4, 0.5) is 5.95 Å². The molecule has 132 valence electrons. The number of aromatic nitrogens is 4. The molecule has 0 saturated carbocycles. The van der Waals surface area contributed by atoms with Crippen LogP contribution in [-0.4, -0.2) is 39.3 Å². The van der Waals surface area contributed by atoms with E-state index in [0.717, 1.165) is 16.8 Å². The Kier molecular flexibility index (Phi) is 5.14. The van der Waals surface area contributed by atoms with Crippen LogP contribution in [0.5, 0.6) is 0 Å². The Morgan fingerprint density at radius 3 is 2.84 bits per heavy atom. The average Bonchev–Trinajstić information content (AvgIpc) is 3.11. The van der Waals surface area contributed by atoms with Gasteiger partial charge >= 0.3 is 0 Å². The van der Waals surface area contributed by atoms with Crippen molar-refractivity contribution < 1.29 is 4.74 Å². The van der Waals surface area contributed by atoms with Gasteiger partial charge in [-0.25, -0.2) is 4.98 Å². The van der Waals surface area contributed by atoms with E-state index in [0.29, 0.717) is 43.5 Å². The summed E-state index contributed by atoms with van der Waals surface area (Å²) in [6, 6.07) is 5.63. The van der Waals surface area contributed by atoms with Gasteiger partial charge in [0.2, 0.25) is 5.95 Å². The van der Waals surface area contributed by atoms with Crippen molar-refractivity contribution in [1.29, 1.82) is 0 Å². The number of hydrogen-bond donors (Lipinski definition) is 2. The fourth-order valence-electron chi connectivity index (χ4n) is 2.82. The van der Waals surface area contributed by atoms with Crippen molar-refractivity contribution in [3.63, 3.8) is 0 Å². The highest BCUT2D eigenvalue weighted by molar-refractivity contribution is 5.83. The van der Waals surface area contributed by atoms with Gasteiger partial charge in [-0.1, -0.05) is 0 Å². The van der Waals surface area contributed by atoms with E-state index in [-0.39, 0.29) is 5.56 Å². The van der Waals surface area contributed by atoms with Crippen molar-refractivity contribution in [3.05, 3.63) is 40.4 Å². The third-order valence-electron chi connectivity index (χ3n) is 4.02. The molecule has 0 aliphatic carbocycles. The zero-order valence-corrected chi connectivity index (χ0v) is 14.8. The first-order valence-corrected chi connectivity index (χ1v) is 8.53. The van der Waals surface area contributed by atoms with Gasteiger partial charge in [-0.3, -0.25) is 9.36 Å². The predicted octanol–water partition coefficient (Wildman–Crippen LogP) is 2.56. The van der Waals surface area contributed by atoms with E-state index in [4.69, 9.17) is 4.74 Å². The summed E-state index contributed by atoms with van der Waals surface area (Å²) in [5.41, 5.74) is 2.77. The summed E-state index contributed by atoms with van der Waals surface area (Å²) in [4.78, 5) is 25.2. The van der Waals surface area contributed by atoms with Gasteiger partial charge in [-0.05, 0) is 39.0 Å². The Labute approximate surface area is 146 Å². The number of pyridine rings is 1. The van der Waals surface area contributed by atoms with Crippen LogP contribution in [0.15, 0.2) is 29.2 Å². The minimum Gasteiger partial charge on any atom is -0.380 e. The third kappa shape index (κ3) is 3.41. The van der Waals surface area contributed by atoms with E-state index < -0.39 is 0 Å². The molecular weight excluding hydrogens is 318 g/mol. The molecule has 0 aliphatic heterocycles. The molecule has 0 spiro atoms. The molecule has 0 fully saturated rings. The summed E-state index contributed by atoms with van der Waals surface area (Å²) in [5.74, 6) is 0.532. The molecular formula is C18H23N5O2. The van der Waals surface area contributed by atoms with E-state index in [1.54, 1.807) is 10.8 Å². The monoisotopic (exact) mass is 341 g/mol. The second-order valence-corrected chi connectivity index (χ2v) is 5.70. The van der Waals surface area contributed by atoms with Crippen molar-refractivity contribution in [3.8, 4) is 11.3 Å². The van der Waals surface area contributed by atoms with Crippen LogP contribution in [0.25, 0.3) is 22.3 Å². The van der Waals surface area contributed by atoms with E-state index in [1.807, 2.05) is 39.0 Å². The van der Waals surface area contributed by atoms with Gasteiger partial charge in [0.1, 0.15) is 5.65 Å². The zero-order chi connectivity index (χ0) is 17.8. The molecule has 0 bridgehead atoms. The van der Waals surface area contributed by atoms with E-state index in [9.17, 15) is 4.79 Å². The van der Waals surface area contributed by atoms with Crippen LogP contribution in [0, 0.1) is 6.92 Å². The van der Waals surface area contributed by atoms with Gasteiger partial charge in [0.15, 0.2) is 0 Å². The summed E-state index contributed by atoms with van der Waals surface area (Å²) in [7, 11) is 0. The lowest BCUT2D eigenvalue weighted by Gasteiger charge is -2.14. The molecule has 3 heterocycles. The normalized spacial score (nSPS) is 11.2. The van der Waals surface area contributed by atoms with Crippen LogP contribution in [-0.2, 0) is 11.3 Å². The van der Waals surface area contributed by atoms with Crippen molar-refractivity contribution in [2.24, 2.45) is 0 Å². The molecule has 0 saturated heterocycles. The first kappa shape index (κ1) is 17.2. The van der Waals surface area contributed by atoms with Gasteiger partial charge in [-0.2, -0.15) is 4.98 Å². The predicted molar refractivity (Wildman–Crippen MR) is 99.0 cm³/mol. The number of nitrogens with one attached hydrogen (secondary N) is 2. The van der Waals surface area contributed by atoms with Gasteiger partial charge < -0.3 is 15.0 Å². The highest BCUT2D eigenvalue weighted by Crippen LogP contribution is 2.22. The molecule has 7 heteroatoms. The number of anilines is 1. The molecule has 2 N–H and O–H groups in total. The summed E-state index contributed by atoms with van der Waals surface area (Å²) < 4.78 is 7.13. The van der Waals surface area contributed by atoms with Crippen molar-refractivity contribution in [2.75, 3.05) is 25.1 Å². The van der Waals surface area contributed by atoms with Crippen molar-refractivity contribution in [1.82, 2.24) is 19.5 Å². The van der Waals surface area contributed by atoms with Crippen LogP contribution in [0.1, 0.15) is 19.5 Å². The molecule has 0 aromatic carbocycles. The topological polar surface area (TPSA) is 84.8 Å². The number of H-pyrrole nitrogens is 1. The van der Waals surface area contributed by atoms with E-state index >= 15 is 0 Å². The molecule has 0 unspecified atom stereocenters. The number of rotatable bonds is 7. The standard InChI is InChI=1S/C18H23N5O2/c1-4-19-18-21-12(3)13-11-14(15-7-6-8-20-15)17(24)23(16(13)22-18)9-10-25-5-2/h6-8,11,20H,4-5,9-10H2,1-3H3,(H,19,21,22). The first-order chi connectivity index (χ1) is 12.2. The van der Waals surface area contributed by atoms with Crippen molar-refractivity contribution in [2.45, 2.75) is 27.3 Å². The van der Waals surface area contributed by atoms with E-state index in [2.05, 4.69) is 20.3 Å². The fraction of sp³-hybridized carbons (Fsp3) is 0.389. The molecule has 0 aliphatic rings. The second kappa shape index (κ2) is 7.48. The summed E-state index contributed by atoms with van der Waals surface area (Å²) >= 11 is 0. The maximum Gasteiger partial charge on any atom is 0.261 e. The number of aryl methyl sites for hydroxylation is 1. The molecule has 7 nitrogen and oxygen atoms in total. The molecule has 3 rings (SSSR count). The van der Waals surface area contributed by atoms with Crippen LogP contribution in [0.2, 0.25) is 0 Å². The summed E-state index contributed by atoms with van der Waals surface area (Å²) in [5, 5.41) is 3.98. The first-order valence-electron chi connectivity index (χ1n) is 8.53. The highest BCUT2D eigenvalue weighted by atomic mass is 16.5.